The highest BCUT2D eigenvalue weighted by molar-refractivity contribution is 5.79. The van der Waals surface area contributed by atoms with Crippen molar-refractivity contribution in [2.45, 2.75) is 84.3 Å². The molecule has 1 unspecified atom stereocenters. The van der Waals surface area contributed by atoms with Crippen molar-refractivity contribution in [3.63, 3.8) is 0 Å². The Morgan fingerprint density at radius 1 is 0.969 bits per heavy atom. The van der Waals surface area contributed by atoms with Gasteiger partial charge in [-0.1, -0.05) is 26.8 Å². The molecular weight excluding hydrogens is 418 g/mol. The van der Waals surface area contributed by atoms with E-state index in [1.54, 1.807) is 19.9 Å². The third kappa shape index (κ3) is 8.66. The number of esters is 3. The summed E-state index contributed by atoms with van der Waals surface area (Å²) < 4.78 is 15.8. The highest BCUT2D eigenvalue weighted by atomic mass is 16.6. The molecule has 0 fully saturated rings. The minimum Gasteiger partial charge on any atom is -0.480 e. The zero-order chi connectivity index (χ0) is 24.3. The van der Waals surface area contributed by atoms with E-state index < -0.39 is 35.5 Å². The lowest BCUT2D eigenvalue weighted by atomic mass is 9.86. The van der Waals surface area contributed by atoms with Gasteiger partial charge in [-0.25, -0.2) is 0 Å². The number of hydrogen-bond donors (Lipinski definition) is 2. The average Bonchev–Trinajstić information content (AvgIpc) is 2.69. The summed E-state index contributed by atoms with van der Waals surface area (Å²) >= 11 is 0. The number of ether oxygens (including phenoxy) is 3. The third-order valence-corrected chi connectivity index (χ3v) is 4.58. The molecule has 0 heterocycles. The Hall–Kier alpha value is -2.94. The van der Waals surface area contributed by atoms with E-state index in [1.807, 2.05) is 13.8 Å². The van der Waals surface area contributed by atoms with Gasteiger partial charge in [-0.2, -0.15) is 0 Å². The lowest BCUT2D eigenvalue weighted by Gasteiger charge is -2.28. The van der Waals surface area contributed by atoms with Crippen molar-refractivity contribution in [1.29, 1.82) is 0 Å². The Balaban J connectivity index is 3.17. The zero-order valence-electron chi connectivity index (χ0n) is 19.1. The third-order valence-electron chi connectivity index (χ3n) is 4.58. The van der Waals surface area contributed by atoms with Gasteiger partial charge in [-0.05, 0) is 37.5 Å². The van der Waals surface area contributed by atoms with Gasteiger partial charge in [0.05, 0.1) is 0 Å². The second-order valence-corrected chi connectivity index (χ2v) is 7.73. The number of benzene rings is 1. The summed E-state index contributed by atoms with van der Waals surface area (Å²) in [5.41, 5.74) is 4.88. The summed E-state index contributed by atoms with van der Waals surface area (Å²) in [6, 6.07) is 4.44. The molecule has 178 valence electrons. The summed E-state index contributed by atoms with van der Waals surface area (Å²) in [7, 11) is 0. The Labute approximate surface area is 188 Å². The van der Waals surface area contributed by atoms with E-state index in [-0.39, 0.29) is 43.6 Å². The predicted octanol–water partition coefficient (Wildman–Crippen LogP) is 3.15. The maximum Gasteiger partial charge on any atom is 0.324 e. The normalized spacial score (nSPS) is 13.5. The van der Waals surface area contributed by atoms with Gasteiger partial charge in [0.2, 0.25) is 0 Å². The minimum atomic E-state index is -1.74. The zero-order valence-corrected chi connectivity index (χ0v) is 19.1. The summed E-state index contributed by atoms with van der Waals surface area (Å²) in [6.45, 7) is 6.87. The van der Waals surface area contributed by atoms with E-state index in [2.05, 4.69) is 0 Å². The standard InChI is InChI=1S/C23H33NO8/c1-5-8-20(26)31-17-11-10-16(12-18(17)32-21(27)9-6-2)14-23(24,22(28)29)13-15(4)30-19(25)7-3/h10-12,15H,5-9,13-14,24H2,1-4H3,(H,28,29)/t15-,23?/m0/s1. The molecule has 3 N–H and O–H groups in total. The van der Waals surface area contributed by atoms with Gasteiger partial charge in [0.1, 0.15) is 11.6 Å². The van der Waals surface area contributed by atoms with Gasteiger partial charge in [0.15, 0.2) is 11.5 Å². The van der Waals surface area contributed by atoms with E-state index in [9.17, 15) is 24.3 Å². The monoisotopic (exact) mass is 451 g/mol. The van der Waals surface area contributed by atoms with Crippen LogP contribution in [0.25, 0.3) is 0 Å². The minimum absolute atomic E-state index is 0.0172. The first-order chi connectivity index (χ1) is 15.0. The Kier molecular flexibility index (Phi) is 10.8. The Bertz CT molecular complexity index is 822. The van der Waals surface area contributed by atoms with Crippen LogP contribution >= 0.6 is 0 Å². The lowest BCUT2D eigenvalue weighted by molar-refractivity contribution is -0.153. The van der Waals surface area contributed by atoms with Gasteiger partial charge in [-0.3, -0.25) is 19.2 Å². The number of carboxylic acids is 1. The van der Waals surface area contributed by atoms with Crippen LogP contribution in [0.4, 0.5) is 0 Å². The lowest BCUT2D eigenvalue weighted by Crippen LogP contribution is -2.52. The smallest absolute Gasteiger partial charge is 0.324 e. The molecule has 0 saturated heterocycles. The number of nitrogens with two attached hydrogens (primary N) is 1. The van der Waals surface area contributed by atoms with E-state index in [1.165, 1.54) is 12.1 Å². The first-order valence-electron chi connectivity index (χ1n) is 10.8. The number of carbonyl (C=O) groups excluding carboxylic acids is 3. The molecule has 0 amide bonds. The van der Waals surface area contributed by atoms with Crippen molar-refractivity contribution >= 4 is 23.9 Å². The van der Waals surface area contributed by atoms with Crippen molar-refractivity contribution in [3.05, 3.63) is 23.8 Å². The molecule has 0 radical (unpaired) electrons. The van der Waals surface area contributed by atoms with Gasteiger partial charge in [-0.15, -0.1) is 0 Å². The molecule has 1 aromatic rings. The topological polar surface area (TPSA) is 142 Å². The molecular formula is C23H33NO8. The average molecular weight is 452 g/mol. The van der Waals surface area contributed by atoms with Crippen LogP contribution < -0.4 is 15.2 Å². The van der Waals surface area contributed by atoms with Crippen molar-refractivity contribution in [3.8, 4) is 11.5 Å². The molecule has 32 heavy (non-hydrogen) atoms. The van der Waals surface area contributed by atoms with Crippen LogP contribution in [0.15, 0.2) is 18.2 Å². The maximum absolute atomic E-state index is 12.0. The first-order valence-corrected chi connectivity index (χ1v) is 10.8. The molecule has 0 aromatic heterocycles. The molecule has 0 aliphatic heterocycles. The van der Waals surface area contributed by atoms with Gasteiger partial charge in [0.25, 0.3) is 0 Å². The molecule has 0 bridgehead atoms. The van der Waals surface area contributed by atoms with Crippen LogP contribution in [0.1, 0.15) is 71.8 Å². The molecule has 9 nitrogen and oxygen atoms in total. The van der Waals surface area contributed by atoms with E-state index in [0.717, 1.165) is 0 Å². The van der Waals surface area contributed by atoms with Crippen LogP contribution in [0.5, 0.6) is 11.5 Å². The maximum atomic E-state index is 12.0. The quantitative estimate of drug-likeness (QED) is 0.341. The SMILES string of the molecule is CCCC(=O)Oc1ccc(CC(N)(C[C@H](C)OC(=O)CC)C(=O)O)cc1OC(=O)CCC. The first kappa shape index (κ1) is 27.1. The molecule has 9 heteroatoms. The van der Waals surface area contributed by atoms with Gasteiger partial charge in [0, 0.05) is 32.1 Å². The molecule has 0 spiro atoms. The van der Waals surface area contributed by atoms with E-state index >= 15 is 0 Å². The Morgan fingerprint density at radius 2 is 1.53 bits per heavy atom. The van der Waals surface area contributed by atoms with Crippen molar-refractivity contribution in [2.24, 2.45) is 5.73 Å². The summed E-state index contributed by atoms with van der Waals surface area (Å²) in [6.07, 6.45) is 0.746. The number of carboxylic acid groups (broad SMARTS) is 1. The second-order valence-electron chi connectivity index (χ2n) is 7.73. The largest absolute Gasteiger partial charge is 0.480 e. The van der Waals surface area contributed by atoms with Gasteiger partial charge < -0.3 is 25.1 Å². The summed E-state index contributed by atoms with van der Waals surface area (Å²) in [4.78, 5) is 47.4. The van der Waals surface area contributed by atoms with Crippen molar-refractivity contribution < 1.29 is 38.5 Å². The number of hydrogen-bond acceptors (Lipinski definition) is 8. The van der Waals surface area contributed by atoms with E-state index in [4.69, 9.17) is 19.9 Å². The molecule has 1 aromatic carbocycles. The number of aliphatic carboxylic acids is 1. The summed E-state index contributed by atoms with van der Waals surface area (Å²) in [5.74, 6) is -2.61. The molecule has 0 aliphatic rings. The van der Waals surface area contributed by atoms with Crippen molar-refractivity contribution in [1.82, 2.24) is 0 Å². The highest BCUT2D eigenvalue weighted by Gasteiger charge is 2.37. The molecule has 1 rings (SSSR count). The Morgan fingerprint density at radius 3 is 2.03 bits per heavy atom. The fourth-order valence-corrected chi connectivity index (χ4v) is 3.04. The number of carbonyl (C=O) groups is 4. The summed E-state index contributed by atoms with van der Waals surface area (Å²) in [5, 5.41) is 9.73. The van der Waals surface area contributed by atoms with E-state index in [0.29, 0.717) is 18.4 Å². The van der Waals surface area contributed by atoms with Crippen LogP contribution in [-0.4, -0.2) is 40.6 Å². The van der Waals surface area contributed by atoms with Crippen molar-refractivity contribution in [2.75, 3.05) is 0 Å². The fraction of sp³-hybridized carbons (Fsp3) is 0.565. The van der Waals surface area contributed by atoms with Crippen LogP contribution in [-0.2, 0) is 30.3 Å². The second kappa shape index (κ2) is 12.8. The molecule has 0 saturated carbocycles. The molecule has 0 aliphatic carbocycles. The van der Waals surface area contributed by atoms with Crippen LogP contribution in [0.2, 0.25) is 0 Å². The number of rotatable bonds is 13. The molecule has 2 atom stereocenters. The van der Waals surface area contributed by atoms with Gasteiger partial charge >= 0.3 is 23.9 Å². The van der Waals surface area contributed by atoms with Crippen LogP contribution in [0, 0.1) is 0 Å². The van der Waals surface area contributed by atoms with Crippen LogP contribution in [0.3, 0.4) is 0 Å². The predicted molar refractivity (Wildman–Crippen MR) is 116 cm³/mol. The fourth-order valence-electron chi connectivity index (χ4n) is 3.04. The highest BCUT2D eigenvalue weighted by Crippen LogP contribution is 2.31.